The Morgan fingerprint density at radius 3 is 1.10 bits per heavy atom. The van der Waals surface area contributed by atoms with Crippen LogP contribution in [0.3, 0.4) is 0 Å². The highest BCUT2D eigenvalue weighted by atomic mass is 16.6. The molecule has 0 unspecified atom stereocenters. The molecule has 0 bridgehead atoms. The second-order valence-electron chi connectivity index (χ2n) is 12.0. The molecule has 0 aliphatic carbocycles. The van der Waals surface area contributed by atoms with E-state index in [-0.39, 0.29) is 25.2 Å². The third-order valence-electron chi connectivity index (χ3n) is 7.90. The topological polar surface area (TPSA) is 72.8 Å². The SMILES string of the molecule is CCCCCCCCCCCCCCCCCC(=O)OC[C@@H](CO)OC(=O)CCCCCCCCCCCCC. The average molecular weight is 569 g/mol. The molecule has 5 nitrogen and oxygen atoms in total. The Hall–Kier alpha value is -1.10. The molecule has 0 aliphatic rings. The van der Waals surface area contributed by atoms with E-state index in [1.807, 2.05) is 0 Å². The molecule has 0 rings (SSSR count). The molecule has 5 heteroatoms. The van der Waals surface area contributed by atoms with Crippen molar-refractivity contribution in [2.75, 3.05) is 13.2 Å². The number of aliphatic hydroxyl groups is 1. The summed E-state index contributed by atoms with van der Waals surface area (Å²) in [6.45, 7) is 4.14. The van der Waals surface area contributed by atoms with Gasteiger partial charge in [0.1, 0.15) is 6.61 Å². The number of ether oxygens (including phenoxy) is 2. The van der Waals surface area contributed by atoms with Crippen molar-refractivity contribution < 1.29 is 24.2 Å². The van der Waals surface area contributed by atoms with Crippen molar-refractivity contribution in [2.24, 2.45) is 0 Å². The second kappa shape index (κ2) is 32.4. The molecule has 0 amide bonds. The van der Waals surface area contributed by atoms with Crippen molar-refractivity contribution in [1.29, 1.82) is 0 Å². The Morgan fingerprint density at radius 2 is 0.775 bits per heavy atom. The van der Waals surface area contributed by atoms with Gasteiger partial charge in [-0.25, -0.2) is 0 Å². The van der Waals surface area contributed by atoms with E-state index in [0.717, 1.165) is 32.1 Å². The van der Waals surface area contributed by atoms with Gasteiger partial charge in [0, 0.05) is 12.8 Å². The van der Waals surface area contributed by atoms with Crippen LogP contribution < -0.4 is 0 Å². The zero-order valence-electron chi connectivity index (χ0n) is 26.9. The summed E-state index contributed by atoms with van der Waals surface area (Å²) < 4.78 is 10.6. The first kappa shape index (κ1) is 38.9. The van der Waals surface area contributed by atoms with Crippen molar-refractivity contribution in [3.8, 4) is 0 Å². The summed E-state index contributed by atoms with van der Waals surface area (Å²) >= 11 is 0. The van der Waals surface area contributed by atoms with Gasteiger partial charge in [-0.05, 0) is 12.8 Å². The summed E-state index contributed by atoms with van der Waals surface area (Å²) in [4.78, 5) is 24.1. The number of hydrogen-bond acceptors (Lipinski definition) is 5. The van der Waals surface area contributed by atoms with Crippen LogP contribution in [0.2, 0.25) is 0 Å². The molecule has 0 aliphatic heterocycles. The number of rotatable bonds is 32. The lowest BCUT2D eigenvalue weighted by Crippen LogP contribution is -2.28. The van der Waals surface area contributed by atoms with Gasteiger partial charge in [-0.3, -0.25) is 9.59 Å². The van der Waals surface area contributed by atoms with Gasteiger partial charge in [0.05, 0.1) is 6.61 Å². The number of carbonyl (C=O) groups excluding carboxylic acids is 2. The van der Waals surface area contributed by atoms with Crippen LogP contribution in [0, 0.1) is 0 Å². The Bertz CT molecular complexity index is 536. The normalized spacial score (nSPS) is 12.0. The molecule has 0 fully saturated rings. The Balaban J connectivity index is 3.51. The van der Waals surface area contributed by atoms with E-state index in [1.54, 1.807) is 0 Å². The van der Waals surface area contributed by atoms with E-state index < -0.39 is 6.10 Å². The molecule has 238 valence electrons. The minimum Gasteiger partial charge on any atom is -0.462 e. The summed E-state index contributed by atoms with van der Waals surface area (Å²) in [5.74, 6) is -0.581. The number of hydrogen-bond donors (Lipinski definition) is 1. The molecule has 0 aromatic carbocycles. The minimum atomic E-state index is -0.759. The van der Waals surface area contributed by atoms with Crippen LogP contribution in [0.25, 0.3) is 0 Å². The maximum absolute atomic E-state index is 12.1. The fourth-order valence-corrected chi connectivity index (χ4v) is 5.20. The fourth-order valence-electron chi connectivity index (χ4n) is 5.20. The van der Waals surface area contributed by atoms with Crippen molar-refractivity contribution in [3.63, 3.8) is 0 Å². The van der Waals surface area contributed by atoms with Crippen molar-refractivity contribution >= 4 is 11.9 Å². The van der Waals surface area contributed by atoms with Crippen molar-refractivity contribution in [2.45, 2.75) is 200 Å². The molecule has 0 spiro atoms. The maximum atomic E-state index is 12.1. The number of unbranched alkanes of at least 4 members (excludes halogenated alkanes) is 24. The van der Waals surface area contributed by atoms with Gasteiger partial charge in [-0.2, -0.15) is 0 Å². The first-order valence-electron chi connectivity index (χ1n) is 17.6. The van der Waals surface area contributed by atoms with Crippen molar-refractivity contribution in [1.82, 2.24) is 0 Å². The van der Waals surface area contributed by atoms with Crippen molar-refractivity contribution in [3.05, 3.63) is 0 Å². The predicted octanol–water partition coefficient (Wildman–Crippen LogP) is 10.4. The van der Waals surface area contributed by atoms with Gasteiger partial charge < -0.3 is 14.6 Å². The largest absolute Gasteiger partial charge is 0.462 e. The molecule has 0 radical (unpaired) electrons. The molecule has 0 saturated heterocycles. The summed E-state index contributed by atoms with van der Waals surface area (Å²) in [7, 11) is 0. The first-order valence-corrected chi connectivity index (χ1v) is 17.6. The molecule has 0 saturated carbocycles. The molecule has 40 heavy (non-hydrogen) atoms. The van der Waals surface area contributed by atoms with E-state index in [1.165, 1.54) is 135 Å². The van der Waals surface area contributed by atoms with E-state index >= 15 is 0 Å². The van der Waals surface area contributed by atoms with Gasteiger partial charge in [-0.15, -0.1) is 0 Å². The van der Waals surface area contributed by atoms with E-state index in [9.17, 15) is 14.7 Å². The van der Waals surface area contributed by atoms with Gasteiger partial charge in [0.15, 0.2) is 6.10 Å². The summed E-state index contributed by atoms with van der Waals surface area (Å²) in [6.07, 6.45) is 33.0. The maximum Gasteiger partial charge on any atom is 0.306 e. The molecule has 1 atom stereocenters. The number of carbonyl (C=O) groups is 2. The molecule has 0 aromatic rings. The lowest BCUT2D eigenvalue weighted by atomic mass is 10.0. The van der Waals surface area contributed by atoms with Gasteiger partial charge >= 0.3 is 11.9 Å². The minimum absolute atomic E-state index is 0.0575. The van der Waals surface area contributed by atoms with Gasteiger partial charge in [-0.1, -0.05) is 168 Å². The molecule has 1 N–H and O–H groups in total. The fraction of sp³-hybridized carbons (Fsp3) is 0.943. The summed E-state index contributed by atoms with van der Waals surface area (Å²) in [5.41, 5.74) is 0. The lowest BCUT2D eigenvalue weighted by Gasteiger charge is -2.15. The monoisotopic (exact) mass is 569 g/mol. The first-order chi connectivity index (χ1) is 19.6. The average Bonchev–Trinajstić information content (AvgIpc) is 2.96. The Kier molecular flexibility index (Phi) is 31.5. The van der Waals surface area contributed by atoms with Crippen LogP contribution in [0.1, 0.15) is 194 Å². The van der Waals surface area contributed by atoms with E-state index in [4.69, 9.17) is 9.47 Å². The lowest BCUT2D eigenvalue weighted by molar-refractivity contribution is -0.161. The Labute approximate surface area is 248 Å². The quantitative estimate of drug-likeness (QED) is 0.0645. The van der Waals surface area contributed by atoms with Crippen LogP contribution >= 0.6 is 0 Å². The number of aliphatic hydroxyl groups excluding tert-OH is 1. The molecular weight excluding hydrogens is 500 g/mol. The van der Waals surface area contributed by atoms with Gasteiger partial charge in [0.25, 0.3) is 0 Å². The third-order valence-corrected chi connectivity index (χ3v) is 7.90. The zero-order valence-corrected chi connectivity index (χ0v) is 26.9. The number of esters is 2. The second-order valence-corrected chi connectivity index (χ2v) is 12.0. The molecule has 0 aromatic heterocycles. The van der Waals surface area contributed by atoms with Crippen LogP contribution in [-0.2, 0) is 19.1 Å². The molecular formula is C35H68O5. The Morgan fingerprint density at radius 1 is 0.475 bits per heavy atom. The third kappa shape index (κ3) is 29.9. The summed E-state index contributed by atoms with van der Waals surface area (Å²) in [6, 6.07) is 0. The van der Waals surface area contributed by atoms with Crippen LogP contribution in [0.4, 0.5) is 0 Å². The highest BCUT2D eigenvalue weighted by Crippen LogP contribution is 2.15. The van der Waals surface area contributed by atoms with Crippen LogP contribution in [0.15, 0.2) is 0 Å². The standard InChI is InChI=1S/C35H68O5/c1-3-5-7-9-11-13-15-16-17-18-20-21-23-25-27-29-34(37)39-32-33(31-36)40-35(38)30-28-26-24-22-19-14-12-10-8-6-4-2/h33,36H,3-32H2,1-2H3/t33-/m1/s1. The van der Waals surface area contributed by atoms with E-state index in [2.05, 4.69) is 13.8 Å². The molecule has 0 heterocycles. The predicted molar refractivity (Wildman–Crippen MR) is 169 cm³/mol. The highest BCUT2D eigenvalue weighted by Gasteiger charge is 2.16. The van der Waals surface area contributed by atoms with Crippen LogP contribution in [-0.4, -0.2) is 36.4 Å². The highest BCUT2D eigenvalue weighted by molar-refractivity contribution is 5.70. The zero-order chi connectivity index (χ0) is 29.4. The van der Waals surface area contributed by atoms with Gasteiger partial charge in [0.2, 0.25) is 0 Å². The summed E-state index contributed by atoms with van der Waals surface area (Å²) in [5, 5.41) is 9.50. The van der Waals surface area contributed by atoms with Crippen LogP contribution in [0.5, 0.6) is 0 Å². The van der Waals surface area contributed by atoms with E-state index in [0.29, 0.717) is 12.8 Å². The smallest absolute Gasteiger partial charge is 0.306 e.